The molecule has 1 rings (SSSR count). The molecule has 0 aromatic heterocycles. The number of hydrogen-bond donors (Lipinski definition) is 0. The van der Waals surface area contributed by atoms with Crippen molar-refractivity contribution in [1.82, 2.24) is 4.90 Å². The maximum absolute atomic E-state index is 5.19. The van der Waals surface area contributed by atoms with Crippen LogP contribution in [0.1, 0.15) is 26.7 Å². The molecule has 11 heavy (non-hydrogen) atoms. The van der Waals surface area contributed by atoms with E-state index in [9.17, 15) is 0 Å². The molecule has 0 radical (unpaired) electrons. The minimum Gasteiger partial charge on any atom is -0.372 e. The first-order chi connectivity index (χ1) is 5.36. The van der Waals surface area contributed by atoms with E-state index in [0.717, 1.165) is 13.2 Å². The maximum atomic E-state index is 5.19. The van der Waals surface area contributed by atoms with E-state index in [1.807, 2.05) is 0 Å². The van der Waals surface area contributed by atoms with Crippen molar-refractivity contribution in [2.24, 2.45) is 0 Å². The third kappa shape index (κ3) is 3.73. The van der Waals surface area contributed by atoms with Crippen molar-refractivity contribution in [2.45, 2.75) is 32.8 Å². The van der Waals surface area contributed by atoms with Crippen LogP contribution in [0.25, 0.3) is 0 Å². The lowest BCUT2D eigenvalue weighted by Crippen LogP contribution is -2.29. The zero-order valence-electron chi connectivity index (χ0n) is 7.68. The zero-order chi connectivity index (χ0) is 8.10. The fourth-order valence-corrected chi connectivity index (χ4v) is 1.39. The second-order valence-electron chi connectivity index (χ2n) is 3.26. The van der Waals surface area contributed by atoms with Crippen LogP contribution in [-0.4, -0.2) is 37.2 Å². The van der Waals surface area contributed by atoms with Gasteiger partial charge in [-0.05, 0) is 25.9 Å². The Morgan fingerprint density at radius 2 is 1.82 bits per heavy atom. The highest BCUT2D eigenvalue weighted by Crippen LogP contribution is 2.11. The molecular formula is C9H19NO. The topological polar surface area (TPSA) is 15.8 Å². The van der Waals surface area contributed by atoms with Crippen molar-refractivity contribution in [3.8, 4) is 0 Å². The summed E-state index contributed by atoms with van der Waals surface area (Å²) in [7, 11) is 0. The van der Waals surface area contributed by atoms with Gasteiger partial charge in [0.2, 0.25) is 0 Å². The summed E-state index contributed by atoms with van der Waals surface area (Å²) in [5, 5.41) is 0. The second kappa shape index (κ2) is 4.73. The van der Waals surface area contributed by atoms with Crippen molar-refractivity contribution in [3.05, 3.63) is 0 Å². The van der Waals surface area contributed by atoms with Gasteiger partial charge in [0.05, 0.1) is 12.7 Å². The van der Waals surface area contributed by atoms with Gasteiger partial charge in [-0.2, -0.15) is 0 Å². The molecule has 2 heteroatoms. The molecule has 1 heterocycles. The lowest BCUT2D eigenvalue weighted by atomic mass is 10.3. The Labute approximate surface area is 69.5 Å². The zero-order valence-corrected chi connectivity index (χ0v) is 7.68. The fraction of sp³-hybridized carbons (Fsp3) is 1.00. The van der Waals surface area contributed by atoms with E-state index in [4.69, 9.17) is 4.74 Å². The van der Waals surface area contributed by atoms with Gasteiger partial charge in [-0.1, -0.05) is 13.8 Å². The van der Waals surface area contributed by atoms with Gasteiger partial charge in [-0.15, -0.1) is 0 Å². The molecular weight excluding hydrogens is 138 g/mol. The second-order valence-corrected chi connectivity index (χ2v) is 3.26. The van der Waals surface area contributed by atoms with Crippen LogP contribution in [0.4, 0.5) is 0 Å². The number of hydrogen-bond acceptors (Lipinski definition) is 2. The van der Waals surface area contributed by atoms with Crippen LogP contribution < -0.4 is 0 Å². The lowest BCUT2D eigenvalue weighted by molar-refractivity contribution is 0.242. The highest BCUT2D eigenvalue weighted by atomic mass is 16.6. The molecule has 0 aromatic rings. The summed E-state index contributed by atoms with van der Waals surface area (Å²) in [6.07, 6.45) is 3.08. The highest BCUT2D eigenvalue weighted by molar-refractivity contribution is 4.73. The van der Waals surface area contributed by atoms with Crippen LogP contribution in [0.3, 0.4) is 0 Å². The van der Waals surface area contributed by atoms with Gasteiger partial charge in [0.25, 0.3) is 0 Å². The molecule has 0 spiro atoms. The minimum atomic E-state index is 0.563. The first-order valence-corrected chi connectivity index (χ1v) is 4.70. The highest BCUT2D eigenvalue weighted by Gasteiger charge is 2.24. The molecule has 0 N–H and O–H groups in total. The summed E-state index contributed by atoms with van der Waals surface area (Å²) in [5.41, 5.74) is 0. The summed E-state index contributed by atoms with van der Waals surface area (Å²) in [4.78, 5) is 2.50. The molecule has 0 saturated carbocycles. The molecule has 0 aliphatic carbocycles. The van der Waals surface area contributed by atoms with E-state index in [2.05, 4.69) is 18.7 Å². The average molecular weight is 157 g/mol. The number of rotatable bonds is 6. The Kier molecular flexibility index (Phi) is 3.87. The van der Waals surface area contributed by atoms with E-state index in [0.29, 0.717) is 6.10 Å². The Morgan fingerprint density at radius 1 is 1.27 bits per heavy atom. The predicted octanol–water partition coefficient (Wildman–Crippen LogP) is 1.51. The van der Waals surface area contributed by atoms with Gasteiger partial charge in [-0.3, -0.25) is 0 Å². The van der Waals surface area contributed by atoms with Gasteiger partial charge in [0, 0.05) is 6.54 Å². The Morgan fingerprint density at radius 3 is 2.18 bits per heavy atom. The molecule has 0 aromatic carbocycles. The average Bonchev–Trinajstić information content (AvgIpc) is 2.73. The van der Waals surface area contributed by atoms with E-state index in [1.165, 1.54) is 25.9 Å². The van der Waals surface area contributed by atoms with E-state index < -0.39 is 0 Å². The number of ether oxygens (including phenoxy) is 1. The van der Waals surface area contributed by atoms with Gasteiger partial charge < -0.3 is 9.64 Å². The lowest BCUT2D eigenvalue weighted by Gasteiger charge is -2.19. The van der Waals surface area contributed by atoms with E-state index >= 15 is 0 Å². The predicted molar refractivity (Wildman–Crippen MR) is 46.8 cm³/mol. The van der Waals surface area contributed by atoms with E-state index in [1.54, 1.807) is 0 Å². The molecule has 1 aliphatic heterocycles. The van der Waals surface area contributed by atoms with Gasteiger partial charge in [0.15, 0.2) is 0 Å². The standard InChI is InChI=1S/C9H19NO/c1-3-5-10(6-4-2)7-9-8-11-9/h9H,3-8H2,1-2H3/t9-/m1/s1. The van der Waals surface area contributed by atoms with Crippen LogP contribution in [-0.2, 0) is 4.74 Å². The summed E-state index contributed by atoms with van der Waals surface area (Å²) in [5.74, 6) is 0. The van der Waals surface area contributed by atoms with Crippen molar-refractivity contribution in [1.29, 1.82) is 0 Å². The molecule has 2 nitrogen and oxygen atoms in total. The summed E-state index contributed by atoms with van der Waals surface area (Å²) in [6.45, 7) is 9.07. The van der Waals surface area contributed by atoms with Crippen LogP contribution in [0, 0.1) is 0 Å². The Balaban J connectivity index is 2.08. The third-order valence-electron chi connectivity index (χ3n) is 1.94. The summed E-state index contributed by atoms with van der Waals surface area (Å²) in [6, 6.07) is 0. The third-order valence-corrected chi connectivity index (χ3v) is 1.94. The minimum absolute atomic E-state index is 0.563. The molecule has 1 saturated heterocycles. The Hall–Kier alpha value is -0.0800. The van der Waals surface area contributed by atoms with Crippen molar-refractivity contribution >= 4 is 0 Å². The summed E-state index contributed by atoms with van der Waals surface area (Å²) < 4.78 is 5.19. The van der Waals surface area contributed by atoms with Crippen LogP contribution in [0.15, 0.2) is 0 Å². The monoisotopic (exact) mass is 157 g/mol. The smallest absolute Gasteiger partial charge is 0.0936 e. The molecule has 1 fully saturated rings. The molecule has 66 valence electrons. The molecule has 0 bridgehead atoms. The number of nitrogens with zero attached hydrogens (tertiary/aromatic N) is 1. The largest absolute Gasteiger partial charge is 0.372 e. The van der Waals surface area contributed by atoms with Gasteiger partial charge >= 0.3 is 0 Å². The summed E-state index contributed by atoms with van der Waals surface area (Å²) >= 11 is 0. The molecule has 1 aliphatic rings. The normalized spacial score (nSPS) is 22.6. The molecule has 0 unspecified atom stereocenters. The fourth-order valence-electron chi connectivity index (χ4n) is 1.39. The van der Waals surface area contributed by atoms with Crippen molar-refractivity contribution < 1.29 is 4.74 Å². The first-order valence-electron chi connectivity index (χ1n) is 4.70. The van der Waals surface area contributed by atoms with E-state index in [-0.39, 0.29) is 0 Å². The van der Waals surface area contributed by atoms with Crippen molar-refractivity contribution in [3.63, 3.8) is 0 Å². The van der Waals surface area contributed by atoms with Crippen molar-refractivity contribution in [2.75, 3.05) is 26.2 Å². The quantitative estimate of drug-likeness (QED) is 0.543. The van der Waals surface area contributed by atoms with Crippen LogP contribution >= 0.6 is 0 Å². The maximum Gasteiger partial charge on any atom is 0.0936 e. The molecule has 1 atom stereocenters. The van der Waals surface area contributed by atoms with Crippen LogP contribution in [0.2, 0.25) is 0 Å². The van der Waals surface area contributed by atoms with Gasteiger partial charge in [-0.25, -0.2) is 0 Å². The van der Waals surface area contributed by atoms with Crippen LogP contribution in [0.5, 0.6) is 0 Å². The number of epoxide rings is 1. The van der Waals surface area contributed by atoms with Gasteiger partial charge in [0.1, 0.15) is 0 Å². The SMILES string of the molecule is CCCN(CCC)C[C@@H]1CO1. The first kappa shape index (κ1) is 9.01. The molecule has 0 amide bonds. The Bertz CT molecular complexity index is 95.7.